The summed E-state index contributed by atoms with van der Waals surface area (Å²) in [5.41, 5.74) is 5.30. The van der Waals surface area contributed by atoms with Crippen LogP contribution in [0.25, 0.3) is 10.6 Å². The highest BCUT2D eigenvalue weighted by atomic mass is 32.2. The van der Waals surface area contributed by atoms with Crippen LogP contribution in [0, 0.1) is 6.92 Å². The number of thiol groups is 1. The van der Waals surface area contributed by atoms with Crippen molar-refractivity contribution in [2.75, 3.05) is 0 Å². The molecule has 16 heavy (non-hydrogen) atoms. The second-order valence-electron chi connectivity index (χ2n) is 4.25. The Kier molecular flexibility index (Phi) is 2.52. The first-order chi connectivity index (χ1) is 7.74. The molecule has 0 unspecified atom stereocenters. The van der Waals surface area contributed by atoms with Crippen LogP contribution >= 0.6 is 24.0 Å². The quantitative estimate of drug-likeness (QED) is 0.754. The lowest BCUT2D eigenvalue weighted by molar-refractivity contribution is 0.912. The maximum absolute atomic E-state index is 4.55. The number of hydrogen-bond acceptors (Lipinski definition) is 3. The number of rotatable bonds is 1. The molecule has 0 atom stereocenters. The third-order valence-corrected chi connectivity index (χ3v) is 4.72. The number of benzene rings is 1. The minimum atomic E-state index is 1.02. The Morgan fingerprint density at radius 2 is 2.06 bits per heavy atom. The van der Waals surface area contributed by atoms with Crippen LogP contribution in [0.2, 0.25) is 0 Å². The third kappa shape index (κ3) is 1.68. The van der Waals surface area contributed by atoms with Crippen molar-refractivity contribution in [1.82, 2.24) is 4.98 Å². The maximum atomic E-state index is 4.55. The number of aryl methyl sites for hydroxylation is 3. The Labute approximate surface area is 105 Å². The van der Waals surface area contributed by atoms with Crippen LogP contribution in [0.15, 0.2) is 22.4 Å². The smallest absolute Gasteiger partial charge is 0.124 e. The summed E-state index contributed by atoms with van der Waals surface area (Å²) in [6, 6.07) is 6.75. The van der Waals surface area contributed by atoms with Gasteiger partial charge in [0, 0.05) is 5.56 Å². The summed E-state index contributed by atoms with van der Waals surface area (Å²) in [5, 5.41) is 1.09. The Balaban J connectivity index is 2.07. The van der Waals surface area contributed by atoms with Crippen molar-refractivity contribution < 1.29 is 0 Å². The average Bonchev–Trinajstić information content (AvgIpc) is 2.85. The highest BCUT2D eigenvalue weighted by Crippen LogP contribution is 2.33. The Bertz CT molecular complexity index is 523. The topological polar surface area (TPSA) is 12.9 Å². The SMILES string of the molecule is Cc1nc(-c2ccc3c(c2)CCC3)sc1S. The minimum absolute atomic E-state index is 1.02. The molecule has 0 radical (unpaired) electrons. The lowest BCUT2D eigenvalue weighted by Crippen LogP contribution is -1.84. The Hall–Kier alpha value is -0.800. The molecule has 1 aromatic carbocycles. The van der Waals surface area contributed by atoms with Gasteiger partial charge in [-0.1, -0.05) is 12.1 Å². The van der Waals surface area contributed by atoms with Crippen molar-refractivity contribution in [3.05, 3.63) is 35.0 Å². The molecule has 3 rings (SSSR count). The molecule has 2 aromatic rings. The monoisotopic (exact) mass is 247 g/mol. The highest BCUT2D eigenvalue weighted by molar-refractivity contribution is 7.83. The van der Waals surface area contributed by atoms with E-state index in [4.69, 9.17) is 0 Å². The van der Waals surface area contributed by atoms with Gasteiger partial charge < -0.3 is 0 Å². The fraction of sp³-hybridized carbons (Fsp3) is 0.308. The fourth-order valence-corrected chi connectivity index (χ4v) is 3.33. The largest absolute Gasteiger partial charge is 0.240 e. The summed E-state index contributed by atoms with van der Waals surface area (Å²) in [5.74, 6) is 0. The number of thiazole rings is 1. The van der Waals surface area contributed by atoms with Crippen LogP contribution in [-0.2, 0) is 12.8 Å². The first-order valence-corrected chi connectivity index (χ1v) is 6.79. The summed E-state index contributed by atoms with van der Waals surface area (Å²) in [7, 11) is 0. The van der Waals surface area contributed by atoms with Crippen LogP contribution in [-0.4, -0.2) is 4.98 Å². The van der Waals surface area contributed by atoms with Gasteiger partial charge in [0.2, 0.25) is 0 Å². The van der Waals surface area contributed by atoms with Gasteiger partial charge in [0.25, 0.3) is 0 Å². The second-order valence-corrected chi connectivity index (χ2v) is 6.00. The van der Waals surface area contributed by atoms with E-state index < -0.39 is 0 Å². The summed E-state index contributed by atoms with van der Waals surface area (Å²) in [6.07, 6.45) is 3.76. The average molecular weight is 247 g/mol. The normalized spacial score (nSPS) is 14.1. The van der Waals surface area contributed by atoms with Gasteiger partial charge in [-0.15, -0.1) is 24.0 Å². The standard InChI is InChI=1S/C13H13NS2/c1-8-13(15)16-12(14-8)11-6-5-9-3-2-4-10(9)7-11/h5-7,15H,2-4H2,1H3. The molecule has 0 saturated carbocycles. The molecule has 1 nitrogen and oxygen atoms in total. The van der Waals surface area contributed by atoms with Crippen molar-refractivity contribution in [1.29, 1.82) is 0 Å². The first kappa shape index (κ1) is 10.4. The molecular weight excluding hydrogens is 234 g/mol. The molecule has 1 aromatic heterocycles. The molecule has 1 aliphatic rings. The number of hydrogen-bond donors (Lipinski definition) is 1. The molecule has 0 saturated heterocycles. The summed E-state index contributed by atoms with van der Waals surface area (Å²) in [6.45, 7) is 2.01. The molecule has 82 valence electrons. The molecule has 1 heterocycles. The molecule has 1 aliphatic carbocycles. The van der Waals surface area contributed by atoms with Gasteiger partial charge >= 0.3 is 0 Å². The zero-order valence-electron chi connectivity index (χ0n) is 9.16. The van der Waals surface area contributed by atoms with E-state index in [0.29, 0.717) is 0 Å². The van der Waals surface area contributed by atoms with Crippen LogP contribution < -0.4 is 0 Å². The van der Waals surface area contributed by atoms with E-state index in [1.807, 2.05) is 6.92 Å². The molecule has 3 heteroatoms. The van der Waals surface area contributed by atoms with Crippen molar-refractivity contribution >= 4 is 24.0 Å². The fourth-order valence-electron chi connectivity index (χ4n) is 2.22. The van der Waals surface area contributed by atoms with E-state index in [9.17, 15) is 0 Å². The van der Waals surface area contributed by atoms with Crippen molar-refractivity contribution in [3.8, 4) is 10.6 Å². The summed E-state index contributed by atoms with van der Waals surface area (Å²) in [4.78, 5) is 4.55. The zero-order chi connectivity index (χ0) is 11.1. The summed E-state index contributed by atoms with van der Waals surface area (Å²) >= 11 is 6.07. The van der Waals surface area contributed by atoms with E-state index in [0.717, 1.165) is 14.9 Å². The van der Waals surface area contributed by atoms with Crippen LogP contribution in [0.1, 0.15) is 23.2 Å². The first-order valence-electron chi connectivity index (χ1n) is 5.52. The van der Waals surface area contributed by atoms with Crippen molar-refractivity contribution in [2.24, 2.45) is 0 Å². The minimum Gasteiger partial charge on any atom is -0.240 e. The van der Waals surface area contributed by atoms with Gasteiger partial charge in [0.15, 0.2) is 0 Å². The van der Waals surface area contributed by atoms with Gasteiger partial charge in [-0.05, 0) is 43.4 Å². The molecule has 0 N–H and O–H groups in total. The molecular formula is C13H13NS2. The maximum Gasteiger partial charge on any atom is 0.124 e. The van der Waals surface area contributed by atoms with Crippen molar-refractivity contribution in [2.45, 2.75) is 30.4 Å². The van der Waals surface area contributed by atoms with E-state index >= 15 is 0 Å². The molecule has 0 amide bonds. The van der Waals surface area contributed by atoms with Gasteiger partial charge in [-0.3, -0.25) is 0 Å². The van der Waals surface area contributed by atoms with Crippen LogP contribution in [0.3, 0.4) is 0 Å². The predicted molar refractivity (Wildman–Crippen MR) is 71.6 cm³/mol. The lowest BCUT2D eigenvalue weighted by atomic mass is 10.1. The predicted octanol–water partition coefficient (Wildman–Crippen LogP) is 3.90. The summed E-state index contributed by atoms with van der Waals surface area (Å²) < 4.78 is 1.02. The van der Waals surface area contributed by atoms with Crippen LogP contribution in [0.5, 0.6) is 0 Å². The number of nitrogens with zero attached hydrogens (tertiary/aromatic N) is 1. The lowest BCUT2D eigenvalue weighted by Gasteiger charge is -2.01. The van der Waals surface area contributed by atoms with E-state index in [1.54, 1.807) is 11.3 Å². The Morgan fingerprint density at radius 3 is 2.81 bits per heavy atom. The van der Waals surface area contributed by atoms with Gasteiger partial charge in [0.1, 0.15) is 5.01 Å². The molecule has 0 fully saturated rings. The molecule has 0 aliphatic heterocycles. The zero-order valence-corrected chi connectivity index (χ0v) is 10.9. The highest BCUT2D eigenvalue weighted by Gasteiger charge is 2.13. The van der Waals surface area contributed by atoms with Gasteiger partial charge in [0.05, 0.1) is 9.90 Å². The van der Waals surface area contributed by atoms with E-state index in [1.165, 1.54) is 36.0 Å². The third-order valence-electron chi connectivity index (χ3n) is 3.12. The number of fused-ring (bicyclic) bond motifs is 1. The van der Waals surface area contributed by atoms with E-state index in [-0.39, 0.29) is 0 Å². The second kappa shape index (κ2) is 3.90. The van der Waals surface area contributed by atoms with Crippen LogP contribution in [0.4, 0.5) is 0 Å². The van der Waals surface area contributed by atoms with Gasteiger partial charge in [-0.25, -0.2) is 4.98 Å². The van der Waals surface area contributed by atoms with Crippen molar-refractivity contribution in [3.63, 3.8) is 0 Å². The molecule has 0 spiro atoms. The Morgan fingerprint density at radius 1 is 1.25 bits per heavy atom. The van der Waals surface area contributed by atoms with E-state index in [2.05, 4.69) is 35.8 Å². The number of aromatic nitrogens is 1. The molecule has 0 bridgehead atoms. The van der Waals surface area contributed by atoms with Gasteiger partial charge in [-0.2, -0.15) is 0 Å².